The summed E-state index contributed by atoms with van der Waals surface area (Å²) in [5.41, 5.74) is 0.373. The van der Waals surface area contributed by atoms with Gasteiger partial charge in [0.15, 0.2) is 12.4 Å². The van der Waals surface area contributed by atoms with Gasteiger partial charge in [0.2, 0.25) is 5.91 Å². The summed E-state index contributed by atoms with van der Waals surface area (Å²) in [7, 11) is 1.23. The molecule has 1 spiro atoms. The van der Waals surface area contributed by atoms with Crippen molar-refractivity contribution in [1.29, 1.82) is 0 Å². The summed E-state index contributed by atoms with van der Waals surface area (Å²) in [5, 5.41) is 2.56. The summed E-state index contributed by atoms with van der Waals surface area (Å²) in [5.74, 6) is -1.45. The number of methoxy groups -OCH3 is 1. The van der Waals surface area contributed by atoms with E-state index < -0.39 is 24.1 Å². The Balaban J connectivity index is 1.68. The van der Waals surface area contributed by atoms with Crippen LogP contribution in [0.4, 0.5) is 4.79 Å². The average Bonchev–Trinajstić information content (AvgIpc) is 3.39. The fourth-order valence-electron chi connectivity index (χ4n) is 3.87. The van der Waals surface area contributed by atoms with Crippen LogP contribution in [0.2, 0.25) is 0 Å². The number of carbonyl (C=O) groups excluding carboxylic acids is 4. The summed E-state index contributed by atoms with van der Waals surface area (Å²) in [6, 6.07) is 5.19. The van der Waals surface area contributed by atoms with Gasteiger partial charge in [0, 0.05) is 16.6 Å². The molecule has 31 heavy (non-hydrogen) atoms. The van der Waals surface area contributed by atoms with Crippen LogP contribution in [0.5, 0.6) is 0 Å². The van der Waals surface area contributed by atoms with E-state index in [2.05, 4.69) is 26.0 Å². The second-order valence-electron chi connectivity index (χ2n) is 8.58. The van der Waals surface area contributed by atoms with Crippen LogP contribution in [-0.2, 0) is 19.1 Å². The molecule has 1 heterocycles. The monoisotopic (exact) mass is 494 g/mol. The highest BCUT2D eigenvalue weighted by Gasteiger charge is 2.56. The number of likely N-dealkylation sites (tertiary alicyclic amines) is 1. The zero-order valence-electron chi connectivity index (χ0n) is 17.9. The van der Waals surface area contributed by atoms with E-state index in [-0.39, 0.29) is 29.6 Å². The smallest absolute Gasteiger partial charge is 0.407 e. The zero-order valence-corrected chi connectivity index (χ0v) is 19.4. The Morgan fingerprint density at radius 1 is 1.19 bits per heavy atom. The van der Waals surface area contributed by atoms with E-state index in [0.29, 0.717) is 18.5 Å². The molecule has 8 nitrogen and oxygen atoms in total. The highest BCUT2D eigenvalue weighted by atomic mass is 79.9. The Morgan fingerprint density at radius 2 is 1.84 bits per heavy atom. The third-order valence-electron chi connectivity index (χ3n) is 5.92. The molecule has 2 amide bonds. The summed E-state index contributed by atoms with van der Waals surface area (Å²) in [4.78, 5) is 51.6. The lowest BCUT2D eigenvalue weighted by atomic mass is 10.0. The van der Waals surface area contributed by atoms with Crippen molar-refractivity contribution >= 4 is 39.7 Å². The quantitative estimate of drug-likeness (QED) is 0.461. The first-order valence-electron chi connectivity index (χ1n) is 10.3. The lowest BCUT2D eigenvalue weighted by Gasteiger charge is -2.29. The van der Waals surface area contributed by atoms with E-state index >= 15 is 0 Å². The van der Waals surface area contributed by atoms with Gasteiger partial charge in [-0.1, -0.05) is 41.9 Å². The Kier molecular flexibility index (Phi) is 7.03. The normalized spacial score (nSPS) is 19.8. The summed E-state index contributed by atoms with van der Waals surface area (Å²) in [6.07, 6.45) is 1.68. The molecule has 9 heteroatoms. The molecular formula is C22H27BrN2O6. The maximum atomic E-state index is 13.2. The SMILES string of the molecule is COC(=O)N[C@H](C(=O)N1CC2(CC2)C[C@H]1C(=O)OCC(=O)c1ccc(Br)cc1)C(C)C. The van der Waals surface area contributed by atoms with Crippen LogP contribution < -0.4 is 5.32 Å². The zero-order chi connectivity index (χ0) is 22.8. The highest BCUT2D eigenvalue weighted by Crippen LogP contribution is 2.55. The number of ether oxygens (including phenoxy) is 2. The van der Waals surface area contributed by atoms with Crippen molar-refractivity contribution in [3.8, 4) is 0 Å². The maximum Gasteiger partial charge on any atom is 0.407 e. The number of benzene rings is 1. The van der Waals surface area contributed by atoms with Crippen LogP contribution in [0, 0.1) is 11.3 Å². The van der Waals surface area contributed by atoms with E-state index in [0.717, 1.165) is 17.3 Å². The van der Waals surface area contributed by atoms with Crippen LogP contribution >= 0.6 is 15.9 Å². The highest BCUT2D eigenvalue weighted by molar-refractivity contribution is 9.10. The molecule has 0 unspecified atom stereocenters. The minimum Gasteiger partial charge on any atom is -0.456 e. The van der Waals surface area contributed by atoms with Crippen molar-refractivity contribution in [3.05, 3.63) is 34.3 Å². The lowest BCUT2D eigenvalue weighted by Crippen LogP contribution is -2.54. The van der Waals surface area contributed by atoms with Gasteiger partial charge in [0.05, 0.1) is 7.11 Å². The molecule has 3 rings (SSSR count). The molecule has 2 fully saturated rings. The number of Topliss-reactive ketones (excluding diaryl/α,β-unsaturated/α-hetero) is 1. The minimum absolute atomic E-state index is 0.0676. The van der Waals surface area contributed by atoms with E-state index in [1.54, 1.807) is 24.3 Å². The third kappa shape index (κ3) is 5.44. The van der Waals surface area contributed by atoms with E-state index in [1.807, 2.05) is 13.8 Å². The maximum absolute atomic E-state index is 13.2. The van der Waals surface area contributed by atoms with Gasteiger partial charge in [-0.15, -0.1) is 0 Å². The molecule has 0 bridgehead atoms. The number of carbonyl (C=O) groups is 4. The molecular weight excluding hydrogens is 468 g/mol. The molecule has 1 aromatic rings. The Hall–Kier alpha value is -2.42. The lowest BCUT2D eigenvalue weighted by molar-refractivity contribution is -0.153. The van der Waals surface area contributed by atoms with Crippen LogP contribution in [0.1, 0.15) is 43.5 Å². The van der Waals surface area contributed by atoms with Gasteiger partial charge in [-0.25, -0.2) is 9.59 Å². The fraction of sp³-hybridized carbons (Fsp3) is 0.545. The molecule has 168 valence electrons. The number of halogens is 1. The topological polar surface area (TPSA) is 102 Å². The standard InChI is InChI=1S/C22H27BrN2O6/c1-13(2)18(24-21(29)30-3)19(27)25-12-22(8-9-22)10-16(25)20(28)31-11-17(26)14-4-6-15(23)7-5-14/h4-7,13,16,18H,8-12H2,1-3H3,(H,24,29)/t16-,18-/m0/s1. The van der Waals surface area contributed by atoms with Gasteiger partial charge in [-0.3, -0.25) is 9.59 Å². The number of hydrogen-bond donors (Lipinski definition) is 1. The Labute approximate surface area is 189 Å². The van der Waals surface area contributed by atoms with Crippen molar-refractivity contribution in [2.75, 3.05) is 20.3 Å². The van der Waals surface area contributed by atoms with E-state index in [9.17, 15) is 19.2 Å². The van der Waals surface area contributed by atoms with Gasteiger partial charge in [-0.2, -0.15) is 0 Å². The number of rotatable bonds is 7. The van der Waals surface area contributed by atoms with Crippen molar-refractivity contribution < 1.29 is 28.7 Å². The number of alkyl carbamates (subject to hydrolysis) is 1. The summed E-state index contributed by atoms with van der Waals surface area (Å²) < 4.78 is 10.8. The van der Waals surface area contributed by atoms with Crippen LogP contribution in [0.3, 0.4) is 0 Å². The first-order valence-corrected chi connectivity index (χ1v) is 11.1. The van der Waals surface area contributed by atoms with E-state index in [4.69, 9.17) is 4.74 Å². The Morgan fingerprint density at radius 3 is 2.39 bits per heavy atom. The molecule has 2 aliphatic rings. The number of ketones is 1. The van der Waals surface area contributed by atoms with Crippen molar-refractivity contribution in [1.82, 2.24) is 10.2 Å². The van der Waals surface area contributed by atoms with Crippen LogP contribution in [-0.4, -0.2) is 61.0 Å². The fourth-order valence-corrected chi connectivity index (χ4v) is 4.13. The average molecular weight is 495 g/mol. The van der Waals surface area contributed by atoms with Crippen molar-refractivity contribution in [2.45, 2.75) is 45.2 Å². The van der Waals surface area contributed by atoms with E-state index in [1.165, 1.54) is 12.0 Å². The number of nitrogens with one attached hydrogen (secondary N) is 1. The summed E-state index contributed by atoms with van der Waals surface area (Å²) >= 11 is 3.31. The van der Waals surface area contributed by atoms with Gasteiger partial charge >= 0.3 is 12.1 Å². The largest absolute Gasteiger partial charge is 0.456 e. The third-order valence-corrected chi connectivity index (χ3v) is 6.45. The second-order valence-corrected chi connectivity index (χ2v) is 9.50. The van der Waals surface area contributed by atoms with Crippen molar-refractivity contribution in [3.63, 3.8) is 0 Å². The molecule has 2 atom stereocenters. The van der Waals surface area contributed by atoms with Crippen LogP contribution in [0.15, 0.2) is 28.7 Å². The molecule has 1 aromatic carbocycles. The van der Waals surface area contributed by atoms with Crippen LogP contribution in [0.25, 0.3) is 0 Å². The van der Waals surface area contributed by atoms with Gasteiger partial charge in [0.25, 0.3) is 0 Å². The number of hydrogen-bond acceptors (Lipinski definition) is 6. The second kappa shape index (κ2) is 9.38. The van der Waals surface area contributed by atoms with Gasteiger partial charge < -0.3 is 19.7 Å². The molecule has 0 radical (unpaired) electrons. The molecule has 1 aliphatic heterocycles. The van der Waals surface area contributed by atoms with Gasteiger partial charge in [0.1, 0.15) is 12.1 Å². The predicted molar refractivity (Wildman–Crippen MR) is 115 cm³/mol. The number of esters is 1. The van der Waals surface area contributed by atoms with Crippen molar-refractivity contribution in [2.24, 2.45) is 11.3 Å². The number of nitrogens with zero attached hydrogens (tertiary/aromatic N) is 1. The first-order chi connectivity index (χ1) is 14.7. The first kappa shape index (κ1) is 23.2. The van der Waals surface area contributed by atoms with Gasteiger partial charge in [-0.05, 0) is 42.7 Å². The number of amides is 2. The molecule has 1 saturated carbocycles. The molecule has 0 aromatic heterocycles. The molecule has 1 N–H and O–H groups in total. The minimum atomic E-state index is -0.818. The summed E-state index contributed by atoms with van der Waals surface area (Å²) in [6.45, 7) is 3.68. The Bertz CT molecular complexity index is 865. The molecule has 1 saturated heterocycles. The predicted octanol–water partition coefficient (Wildman–Crippen LogP) is 2.94. The molecule has 1 aliphatic carbocycles.